The van der Waals surface area contributed by atoms with E-state index in [1.807, 2.05) is 12.3 Å². The Morgan fingerprint density at radius 1 is 1.28 bits per heavy atom. The molecule has 1 saturated heterocycles. The molecule has 6 nitrogen and oxygen atoms in total. The summed E-state index contributed by atoms with van der Waals surface area (Å²) in [4.78, 5) is 22.5. The van der Waals surface area contributed by atoms with Crippen LogP contribution in [0.5, 0.6) is 0 Å². The van der Waals surface area contributed by atoms with Crippen LogP contribution in [0.3, 0.4) is 0 Å². The molecule has 152 valence electrons. The molecular formula is C23H29N5O. The zero-order chi connectivity index (χ0) is 20.4. The summed E-state index contributed by atoms with van der Waals surface area (Å²) in [5, 5.41) is 7.37. The number of carbonyl (C=O) groups excluding carboxylic acids is 1. The summed E-state index contributed by atoms with van der Waals surface area (Å²) in [5.74, 6) is -0.121. The Hall–Kier alpha value is -2.86. The maximum Gasteiger partial charge on any atom is 0.254 e. The second kappa shape index (κ2) is 7.87. The molecule has 1 aliphatic heterocycles. The summed E-state index contributed by atoms with van der Waals surface area (Å²) in [6.07, 6.45) is 5.54. The summed E-state index contributed by atoms with van der Waals surface area (Å²) in [5.41, 5.74) is 3.65. The Labute approximate surface area is 171 Å². The average molecular weight is 392 g/mol. The van der Waals surface area contributed by atoms with Gasteiger partial charge in [0, 0.05) is 49.5 Å². The first-order chi connectivity index (χ1) is 14.0. The Kier molecular flexibility index (Phi) is 5.28. The van der Waals surface area contributed by atoms with Gasteiger partial charge in [-0.1, -0.05) is 30.3 Å². The van der Waals surface area contributed by atoms with E-state index < -0.39 is 0 Å². The molecule has 0 aliphatic carbocycles. The fourth-order valence-corrected chi connectivity index (χ4v) is 4.34. The Morgan fingerprint density at radius 3 is 2.79 bits per heavy atom. The number of aromatic amines is 1. The third-order valence-electron chi connectivity index (χ3n) is 5.97. The smallest absolute Gasteiger partial charge is 0.254 e. The number of hydrogen-bond acceptors (Lipinski definition) is 4. The number of pyridine rings is 1. The minimum atomic E-state index is -0.121. The first kappa shape index (κ1) is 19.5. The van der Waals surface area contributed by atoms with Crippen LogP contribution in [0.25, 0.3) is 11.0 Å². The fraction of sp³-hybridized carbons (Fsp3) is 0.391. The van der Waals surface area contributed by atoms with Crippen LogP contribution >= 0.6 is 0 Å². The highest BCUT2D eigenvalue weighted by molar-refractivity contribution is 6.06. The van der Waals surface area contributed by atoms with Crippen LogP contribution in [0.1, 0.15) is 42.6 Å². The Bertz CT molecular complexity index is 995. The van der Waals surface area contributed by atoms with Gasteiger partial charge in [-0.3, -0.25) is 9.69 Å². The third-order valence-corrected chi connectivity index (χ3v) is 5.97. The SMILES string of the molecule is CNC(=O)c1cnc2[nH]ccc2c1NC1CCN(Cc2ccccc2)C(C)(C)C1. The second-order valence-electron chi connectivity index (χ2n) is 8.42. The number of H-pyrrole nitrogens is 1. The number of rotatable bonds is 5. The topological polar surface area (TPSA) is 73.0 Å². The highest BCUT2D eigenvalue weighted by Gasteiger charge is 2.35. The molecule has 0 bridgehead atoms. The van der Waals surface area contributed by atoms with E-state index in [4.69, 9.17) is 0 Å². The molecule has 2 aromatic heterocycles. The number of piperidine rings is 1. The lowest BCUT2D eigenvalue weighted by Gasteiger charge is -2.46. The summed E-state index contributed by atoms with van der Waals surface area (Å²) in [6, 6.07) is 12.9. The molecule has 6 heteroatoms. The van der Waals surface area contributed by atoms with Crippen LogP contribution in [0, 0.1) is 0 Å². The highest BCUT2D eigenvalue weighted by atomic mass is 16.1. The molecule has 3 N–H and O–H groups in total. The summed E-state index contributed by atoms with van der Waals surface area (Å²) >= 11 is 0. The maximum absolute atomic E-state index is 12.4. The second-order valence-corrected chi connectivity index (χ2v) is 8.42. The van der Waals surface area contributed by atoms with E-state index in [0.29, 0.717) is 11.6 Å². The lowest BCUT2D eigenvalue weighted by atomic mass is 9.86. The molecule has 1 amide bonds. The third kappa shape index (κ3) is 3.98. The molecule has 1 unspecified atom stereocenters. The highest BCUT2D eigenvalue weighted by Crippen LogP contribution is 2.33. The van der Waals surface area contributed by atoms with E-state index in [1.165, 1.54) is 5.56 Å². The van der Waals surface area contributed by atoms with E-state index in [-0.39, 0.29) is 11.4 Å². The molecule has 0 radical (unpaired) electrons. The number of benzene rings is 1. The number of likely N-dealkylation sites (tertiary alicyclic amines) is 1. The van der Waals surface area contributed by atoms with Crippen molar-refractivity contribution in [1.29, 1.82) is 0 Å². The van der Waals surface area contributed by atoms with Crippen molar-refractivity contribution in [2.75, 3.05) is 18.9 Å². The van der Waals surface area contributed by atoms with Gasteiger partial charge >= 0.3 is 0 Å². The first-order valence-electron chi connectivity index (χ1n) is 10.2. The number of nitrogens with zero attached hydrogens (tertiary/aromatic N) is 2. The maximum atomic E-state index is 12.4. The zero-order valence-electron chi connectivity index (χ0n) is 17.3. The van der Waals surface area contributed by atoms with Gasteiger partial charge < -0.3 is 15.6 Å². The van der Waals surface area contributed by atoms with Gasteiger partial charge in [0.25, 0.3) is 5.91 Å². The Balaban J connectivity index is 1.54. The van der Waals surface area contributed by atoms with Crippen molar-refractivity contribution in [3.05, 3.63) is 59.9 Å². The molecule has 1 fully saturated rings. The summed E-state index contributed by atoms with van der Waals surface area (Å²) in [7, 11) is 1.65. The predicted octanol–water partition coefficient (Wildman–Crippen LogP) is 3.78. The quantitative estimate of drug-likeness (QED) is 0.619. The van der Waals surface area contributed by atoms with Crippen LogP contribution in [-0.4, -0.2) is 45.9 Å². The van der Waals surface area contributed by atoms with Crippen molar-refractivity contribution < 1.29 is 4.79 Å². The van der Waals surface area contributed by atoms with Crippen LogP contribution < -0.4 is 10.6 Å². The van der Waals surface area contributed by atoms with Crippen LogP contribution in [-0.2, 0) is 6.54 Å². The van der Waals surface area contributed by atoms with Gasteiger partial charge in [-0.25, -0.2) is 4.98 Å². The van der Waals surface area contributed by atoms with Gasteiger partial charge in [0.1, 0.15) is 5.65 Å². The summed E-state index contributed by atoms with van der Waals surface area (Å²) in [6.45, 7) is 6.58. The van der Waals surface area contributed by atoms with E-state index in [9.17, 15) is 4.79 Å². The summed E-state index contributed by atoms with van der Waals surface area (Å²) < 4.78 is 0. The van der Waals surface area contributed by atoms with Gasteiger partial charge in [-0.2, -0.15) is 0 Å². The van der Waals surface area contributed by atoms with Gasteiger partial charge in [-0.15, -0.1) is 0 Å². The predicted molar refractivity (Wildman–Crippen MR) is 117 cm³/mol. The molecule has 3 heterocycles. The van der Waals surface area contributed by atoms with Crippen molar-refractivity contribution in [3.63, 3.8) is 0 Å². The molecule has 1 aliphatic rings. The van der Waals surface area contributed by atoms with Gasteiger partial charge in [0.15, 0.2) is 0 Å². The molecular weight excluding hydrogens is 362 g/mol. The van der Waals surface area contributed by atoms with Crippen LogP contribution in [0.15, 0.2) is 48.8 Å². The van der Waals surface area contributed by atoms with E-state index >= 15 is 0 Å². The molecule has 3 aromatic rings. The van der Waals surface area contributed by atoms with Crippen LogP contribution in [0.4, 0.5) is 5.69 Å². The zero-order valence-corrected chi connectivity index (χ0v) is 17.3. The molecule has 0 spiro atoms. The minimum Gasteiger partial charge on any atom is -0.381 e. The van der Waals surface area contributed by atoms with E-state index in [0.717, 1.165) is 42.7 Å². The van der Waals surface area contributed by atoms with Crippen molar-refractivity contribution in [3.8, 4) is 0 Å². The molecule has 0 saturated carbocycles. The van der Waals surface area contributed by atoms with Crippen molar-refractivity contribution >= 4 is 22.6 Å². The number of nitrogens with one attached hydrogen (secondary N) is 3. The molecule has 1 aromatic carbocycles. The minimum absolute atomic E-state index is 0.0588. The fourth-order valence-electron chi connectivity index (χ4n) is 4.34. The van der Waals surface area contributed by atoms with Crippen molar-refractivity contribution in [2.24, 2.45) is 0 Å². The number of aromatic nitrogens is 2. The lowest BCUT2D eigenvalue weighted by Crippen LogP contribution is -2.52. The van der Waals surface area contributed by atoms with Crippen molar-refractivity contribution in [1.82, 2.24) is 20.2 Å². The molecule has 4 rings (SSSR count). The van der Waals surface area contributed by atoms with Gasteiger partial charge in [0.2, 0.25) is 0 Å². The number of anilines is 1. The van der Waals surface area contributed by atoms with E-state index in [1.54, 1.807) is 13.2 Å². The number of fused-ring (bicyclic) bond motifs is 1. The van der Waals surface area contributed by atoms with Gasteiger partial charge in [-0.05, 0) is 38.3 Å². The lowest BCUT2D eigenvalue weighted by molar-refractivity contribution is 0.0630. The first-order valence-corrected chi connectivity index (χ1v) is 10.2. The van der Waals surface area contributed by atoms with Gasteiger partial charge in [0.05, 0.1) is 11.3 Å². The number of hydrogen-bond donors (Lipinski definition) is 3. The van der Waals surface area contributed by atoms with Crippen molar-refractivity contribution in [2.45, 2.75) is 44.8 Å². The normalized spacial score (nSPS) is 19.2. The average Bonchev–Trinajstić information content (AvgIpc) is 3.19. The van der Waals surface area contributed by atoms with E-state index in [2.05, 4.69) is 69.7 Å². The molecule has 29 heavy (non-hydrogen) atoms. The largest absolute Gasteiger partial charge is 0.381 e. The Morgan fingerprint density at radius 2 is 2.07 bits per heavy atom. The number of carbonyl (C=O) groups is 1. The number of amides is 1. The van der Waals surface area contributed by atoms with Crippen LogP contribution in [0.2, 0.25) is 0 Å². The molecule has 1 atom stereocenters. The standard InChI is InChI=1S/C23H29N5O/c1-23(2)13-17(10-12-28(23)15-16-7-5-4-6-8-16)27-20-18-9-11-25-21(18)26-14-19(20)22(29)24-3/h4-9,11,14,17H,10,12-13,15H2,1-3H3,(H,24,29)(H2,25,26,27). The monoisotopic (exact) mass is 391 g/mol.